The number of carbonyl (C=O) groups excluding carboxylic acids is 1. The van der Waals surface area contributed by atoms with Crippen molar-refractivity contribution in [2.45, 2.75) is 13.5 Å². The second-order valence-corrected chi connectivity index (χ2v) is 7.49. The minimum absolute atomic E-state index is 0.167. The van der Waals surface area contributed by atoms with E-state index in [-0.39, 0.29) is 5.91 Å². The summed E-state index contributed by atoms with van der Waals surface area (Å²) in [7, 11) is 0. The number of carbonyl (C=O) groups is 1. The van der Waals surface area contributed by atoms with Crippen LogP contribution in [-0.4, -0.2) is 22.2 Å². The quantitative estimate of drug-likeness (QED) is 0.465. The third-order valence-electron chi connectivity index (χ3n) is 4.47. The summed E-state index contributed by atoms with van der Waals surface area (Å²) in [4.78, 5) is 13.8. The van der Waals surface area contributed by atoms with Crippen LogP contribution in [0.2, 0.25) is 0 Å². The summed E-state index contributed by atoms with van der Waals surface area (Å²) in [6.07, 6.45) is 0. The molecule has 0 aliphatic carbocycles. The topological polar surface area (TPSA) is 56.2 Å². The van der Waals surface area contributed by atoms with E-state index < -0.39 is 0 Å². The second-order valence-electron chi connectivity index (χ2n) is 6.54. The summed E-state index contributed by atoms with van der Waals surface area (Å²) in [6, 6.07) is 22.8. The van der Waals surface area contributed by atoms with Crippen molar-refractivity contribution in [3.05, 3.63) is 89.4 Å². The fraction of sp³-hybridized carbons (Fsp3) is 0.130. The van der Waals surface area contributed by atoms with Crippen LogP contribution in [0.25, 0.3) is 10.6 Å². The van der Waals surface area contributed by atoms with E-state index in [0.29, 0.717) is 30.2 Å². The zero-order chi connectivity index (χ0) is 20.1. The first kappa shape index (κ1) is 19.0. The van der Waals surface area contributed by atoms with Gasteiger partial charge in [-0.1, -0.05) is 36.4 Å². The van der Waals surface area contributed by atoms with Crippen molar-refractivity contribution >= 4 is 17.2 Å². The molecule has 0 saturated heterocycles. The Hall–Kier alpha value is -3.38. The van der Waals surface area contributed by atoms with Crippen LogP contribution in [0.4, 0.5) is 0 Å². The van der Waals surface area contributed by atoms with Gasteiger partial charge >= 0.3 is 0 Å². The van der Waals surface area contributed by atoms with Gasteiger partial charge in [-0.25, -0.2) is 0 Å². The average molecular weight is 404 g/mol. The molecular weight excluding hydrogens is 382 g/mol. The maximum absolute atomic E-state index is 12.7. The molecule has 2 aromatic heterocycles. The van der Waals surface area contributed by atoms with Crippen LogP contribution < -0.4 is 10.1 Å². The van der Waals surface area contributed by atoms with Gasteiger partial charge < -0.3 is 10.1 Å². The van der Waals surface area contributed by atoms with Gasteiger partial charge in [-0.15, -0.1) is 11.3 Å². The van der Waals surface area contributed by atoms with E-state index in [9.17, 15) is 4.79 Å². The standard InChI is InChI=1S/C23H21N3O2S/c1-17-16-20(22-12-7-15-29-22)25-26(17)14-13-24-23(27)19-10-5-6-11-21(19)28-18-8-3-2-4-9-18/h2-12,15-16H,13-14H2,1H3,(H,24,27). The number of para-hydroxylation sites is 2. The highest BCUT2D eigenvalue weighted by Gasteiger charge is 2.13. The first-order valence-electron chi connectivity index (χ1n) is 9.39. The van der Waals surface area contributed by atoms with Crippen molar-refractivity contribution in [3.8, 4) is 22.1 Å². The number of thiophene rings is 1. The Morgan fingerprint density at radius 3 is 2.66 bits per heavy atom. The molecule has 0 atom stereocenters. The maximum Gasteiger partial charge on any atom is 0.255 e. The first-order chi connectivity index (χ1) is 14.2. The summed E-state index contributed by atoms with van der Waals surface area (Å²) >= 11 is 1.67. The number of nitrogens with zero attached hydrogens (tertiary/aromatic N) is 2. The highest BCUT2D eigenvalue weighted by atomic mass is 32.1. The molecule has 6 heteroatoms. The van der Waals surface area contributed by atoms with Crippen LogP contribution in [-0.2, 0) is 6.54 Å². The number of nitrogens with one attached hydrogen (secondary N) is 1. The molecule has 1 amide bonds. The number of ether oxygens (including phenoxy) is 1. The molecule has 4 rings (SSSR count). The normalized spacial score (nSPS) is 10.7. The second kappa shape index (κ2) is 8.75. The summed E-state index contributed by atoms with van der Waals surface area (Å²) in [5.41, 5.74) is 2.54. The Bertz CT molecular complexity index is 1090. The van der Waals surface area contributed by atoms with E-state index in [2.05, 4.69) is 22.5 Å². The smallest absolute Gasteiger partial charge is 0.255 e. The van der Waals surface area contributed by atoms with Crippen molar-refractivity contribution in [2.75, 3.05) is 6.54 Å². The zero-order valence-corrected chi connectivity index (χ0v) is 16.9. The van der Waals surface area contributed by atoms with Crippen molar-refractivity contribution in [1.82, 2.24) is 15.1 Å². The van der Waals surface area contributed by atoms with Crippen molar-refractivity contribution in [2.24, 2.45) is 0 Å². The van der Waals surface area contributed by atoms with Crippen LogP contribution in [0.15, 0.2) is 78.2 Å². The minimum Gasteiger partial charge on any atom is -0.457 e. The van der Waals surface area contributed by atoms with E-state index in [1.807, 2.05) is 65.5 Å². The van der Waals surface area contributed by atoms with Gasteiger partial charge in [-0.05, 0) is 48.7 Å². The molecule has 2 aromatic carbocycles. The van der Waals surface area contributed by atoms with Crippen LogP contribution >= 0.6 is 11.3 Å². The molecule has 0 spiro atoms. The number of aryl methyl sites for hydroxylation is 1. The summed E-state index contributed by atoms with van der Waals surface area (Å²) in [5, 5.41) is 9.65. The molecule has 0 saturated carbocycles. The van der Waals surface area contributed by atoms with E-state index in [0.717, 1.165) is 16.3 Å². The van der Waals surface area contributed by atoms with Gasteiger partial charge in [0, 0.05) is 12.2 Å². The zero-order valence-electron chi connectivity index (χ0n) is 16.0. The summed E-state index contributed by atoms with van der Waals surface area (Å²) < 4.78 is 7.80. The highest BCUT2D eigenvalue weighted by Crippen LogP contribution is 2.25. The van der Waals surface area contributed by atoms with Crippen molar-refractivity contribution in [1.29, 1.82) is 0 Å². The Morgan fingerprint density at radius 1 is 1.07 bits per heavy atom. The van der Waals surface area contributed by atoms with Gasteiger partial charge in [0.2, 0.25) is 0 Å². The lowest BCUT2D eigenvalue weighted by Gasteiger charge is -2.12. The van der Waals surface area contributed by atoms with Crippen LogP contribution in [0.5, 0.6) is 11.5 Å². The first-order valence-corrected chi connectivity index (χ1v) is 10.3. The van der Waals surface area contributed by atoms with Gasteiger partial charge in [-0.2, -0.15) is 5.10 Å². The molecule has 0 bridgehead atoms. The van der Waals surface area contributed by atoms with E-state index in [1.165, 1.54) is 0 Å². The number of benzene rings is 2. The Kier molecular flexibility index (Phi) is 5.72. The Balaban J connectivity index is 1.39. The number of aromatic nitrogens is 2. The molecular formula is C23H21N3O2S. The third kappa shape index (κ3) is 4.55. The van der Waals surface area contributed by atoms with Crippen molar-refractivity contribution < 1.29 is 9.53 Å². The summed E-state index contributed by atoms with van der Waals surface area (Å²) in [5.74, 6) is 1.06. The lowest BCUT2D eigenvalue weighted by Crippen LogP contribution is -2.28. The van der Waals surface area contributed by atoms with E-state index >= 15 is 0 Å². The molecule has 0 unspecified atom stereocenters. The van der Waals surface area contributed by atoms with Gasteiger partial charge in [0.15, 0.2) is 0 Å². The highest BCUT2D eigenvalue weighted by molar-refractivity contribution is 7.13. The van der Waals surface area contributed by atoms with Crippen LogP contribution in [0.1, 0.15) is 16.1 Å². The predicted octanol–water partition coefficient (Wildman–Crippen LogP) is 5.14. The monoisotopic (exact) mass is 403 g/mol. The fourth-order valence-corrected chi connectivity index (χ4v) is 3.69. The van der Waals surface area contributed by atoms with Crippen LogP contribution in [0, 0.1) is 6.92 Å². The number of hydrogen-bond acceptors (Lipinski definition) is 4. The molecule has 1 N–H and O–H groups in total. The van der Waals surface area contributed by atoms with Crippen LogP contribution in [0.3, 0.4) is 0 Å². The lowest BCUT2D eigenvalue weighted by atomic mass is 10.2. The van der Waals surface area contributed by atoms with Gasteiger partial charge in [0.1, 0.15) is 17.2 Å². The lowest BCUT2D eigenvalue weighted by molar-refractivity contribution is 0.0949. The third-order valence-corrected chi connectivity index (χ3v) is 5.36. The molecule has 4 aromatic rings. The maximum atomic E-state index is 12.7. The average Bonchev–Trinajstić information content (AvgIpc) is 3.39. The van der Waals surface area contributed by atoms with Crippen molar-refractivity contribution in [3.63, 3.8) is 0 Å². The number of rotatable bonds is 7. The molecule has 0 fully saturated rings. The van der Waals surface area contributed by atoms with Gasteiger partial charge in [0.25, 0.3) is 5.91 Å². The van der Waals surface area contributed by atoms with E-state index in [4.69, 9.17) is 4.74 Å². The fourth-order valence-electron chi connectivity index (χ4n) is 3.01. The Morgan fingerprint density at radius 2 is 1.86 bits per heavy atom. The predicted molar refractivity (Wildman–Crippen MR) is 116 cm³/mol. The van der Waals surface area contributed by atoms with E-state index in [1.54, 1.807) is 23.5 Å². The molecule has 2 heterocycles. The number of amides is 1. The molecule has 29 heavy (non-hydrogen) atoms. The Labute approximate surface area is 173 Å². The minimum atomic E-state index is -0.167. The molecule has 0 radical (unpaired) electrons. The number of hydrogen-bond donors (Lipinski definition) is 1. The summed E-state index contributed by atoms with van der Waals surface area (Å²) in [6.45, 7) is 3.10. The largest absolute Gasteiger partial charge is 0.457 e. The molecule has 0 aliphatic heterocycles. The van der Waals surface area contributed by atoms with Gasteiger partial charge in [-0.3, -0.25) is 9.48 Å². The molecule has 146 valence electrons. The molecule has 5 nitrogen and oxygen atoms in total. The SMILES string of the molecule is Cc1cc(-c2cccs2)nn1CCNC(=O)c1ccccc1Oc1ccccc1. The van der Waals surface area contributed by atoms with Gasteiger partial charge in [0.05, 0.1) is 17.0 Å². The molecule has 0 aliphatic rings.